The van der Waals surface area contributed by atoms with Crippen LogP contribution in [-0.4, -0.2) is 7.11 Å². The zero-order valence-electron chi connectivity index (χ0n) is 11.2. The smallest absolute Gasteiger partial charge is 0.141 e. The normalized spacial score (nSPS) is 11.7. The molecule has 0 aliphatic carbocycles. The molecule has 0 saturated heterocycles. The van der Waals surface area contributed by atoms with Crippen molar-refractivity contribution in [1.29, 1.82) is 5.26 Å². The lowest BCUT2D eigenvalue weighted by Gasteiger charge is -2.13. The van der Waals surface area contributed by atoms with Crippen molar-refractivity contribution in [1.82, 2.24) is 0 Å². The molecule has 19 heavy (non-hydrogen) atoms. The van der Waals surface area contributed by atoms with Crippen molar-refractivity contribution >= 4 is 17.0 Å². The van der Waals surface area contributed by atoms with Crippen LogP contribution in [0.2, 0.25) is 0 Å². The number of thiophene rings is 1. The Labute approximate surface area is 117 Å². The molecule has 1 N–H and O–H groups in total. The summed E-state index contributed by atoms with van der Waals surface area (Å²) in [6, 6.07) is 11.7. The van der Waals surface area contributed by atoms with E-state index in [1.165, 1.54) is 9.75 Å². The summed E-state index contributed by atoms with van der Waals surface area (Å²) in [6.45, 7) is 4.11. The molecule has 0 spiro atoms. The molecule has 0 amide bonds. The molecule has 2 rings (SSSR count). The molecule has 2 aromatic rings. The predicted molar refractivity (Wildman–Crippen MR) is 78.8 cm³/mol. The topological polar surface area (TPSA) is 45.0 Å². The van der Waals surface area contributed by atoms with E-state index in [4.69, 9.17) is 4.74 Å². The Balaban J connectivity index is 2.19. The van der Waals surface area contributed by atoms with Gasteiger partial charge in [-0.3, -0.25) is 0 Å². The van der Waals surface area contributed by atoms with Gasteiger partial charge in [-0.25, -0.2) is 0 Å². The Morgan fingerprint density at radius 1 is 1.26 bits per heavy atom. The summed E-state index contributed by atoms with van der Waals surface area (Å²) in [5.74, 6) is 0.807. The molecule has 1 unspecified atom stereocenters. The Morgan fingerprint density at radius 3 is 2.42 bits per heavy atom. The van der Waals surface area contributed by atoms with Crippen LogP contribution in [0, 0.1) is 25.2 Å². The second kappa shape index (κ2) is 5.77. The number of benzene rings is 1. The van der Waals surface area contributed by atoms with Gasteiger partial charge in [0.1, 0.15) is 11.8 Å². The molecule has 1 atom stereocenters. The zero-order valence-corrected chi connectivity index (χ0v) is 12.0. The number of nitriles is 1. The van der Waals surface area contributed by atoms with Gasteiger partial charge in [0.15, 0.2) is 0 Å². The van der Waals surface area contributed by atoms with Gasteiger partial charge in [0.05, 0.1) is 13.2 Å². The van der Waals surface area contributed by atoms with Crippen molar-refractivity contribution in [2.24, 2.45) is 0 Å². The van der Waals surface area contributed by atoms with Crippen LogP contribution < -0.4 is 10.1 Å². The van der Waals surface area contributed by atoms with Crippen molar-refractivity contribution in [3.63, 3.8) is 0 Å². The number of ether oxygens (including phenoxy) is 1. The van der Waals surface area contributed by atoms with E-state index < -0.39 is 0 Å². The van der Waals surface area contributed by atoms with Crippen LogP contribution in [0.3, 0.4) is 0 Å². The van der Waals surface area contributed by atoms with Gasteiger partial charge in [0, 0.05) is 21.0 Å². The van der Waals surface area contributed by atoms with Crippen molar-refractivity contribution < 1.29 is 4.74 Å². The Hall–Kier alpha value is -1.99. The standard InChI is InChI=1S/C15H16N2OS/c1-10-8-14(11(2)19-10)15(9-16)17-12-4-6-13(18-3)7-5-12/h4-8,15,17H,1-3H3. The first kappa shape index (κ1) is 13.4. The van der Waals surface area contributed by atoms with Gasteiger partial charge in [-0.1, -0.05) is 0 Å². The van der Waals surface area contributed by atoms with Gasteiger partial charge in [0.25, 0.3) is 0 Å². The lowest BCUT2D eigenvalue weighted by Crippen LogP contribution is -2.08. The molecule has 0 aliphatic heterocycles. The number of rotatable bonds is 4. The van der Waals surface area contributed by atoms with Gasteiger partial charge >= 0.3 is 0 Å². The molecule has 98 valence electrons. The fourth-order valence-electron chi connectivity index (χ4n) is 1.97. The first-order chi connectivity index (χ1) is 9.13. The van der Waals surface area contributed by atoms with Crippen molar-refractivity contribution in [2.45, 2.75) is 19.9 Å². The average molecular weight is 272 g/mol. The first-order valence-electron chi connectivity index (χ1n) is 6.01. The second-order valence-corrected chi connectivity index (χ2v) is 5.76. The number of anilines is 1. The zero-order chi connectivity index (χ0) is 13.8. The Morgan fingerprint density at radius 2 is 1.95 bits per heavy atom. The number of hydrogen-bond donors (Lipinski definition) is 1. The lowest BCUT2D eigenvalue weighted by molar-refractivity contribution is 0.415. The summed E-state index contributed by atoms with van der Waals surface area (Å²) >= 11 is 1.72. The van der Waals surface area contributed by atoms with E-state index in [2.05, 4.69) is 24.4 Å². The van der Waals surface area contributed by atoms with E-state index in [-0.39, 0.29) is 6.04 Å². The highest BCUT2D eigenvalue weighted by atomic mass is 32.1. The largest absolute Gasteiger partial charge is 0.497 e. The minimum atomic E-state index is -0.321. The quantitative estimate of drug-likeness (QED) is 0.913. The van der Waals surface area contributed by atoms with Gasteiger partial charge < -0.3 is 10.1 Å². The molecule has 1 heterocycles. The minimum absolute atomic E-state index is 0.321. The van der Waals surface area contributed by atoms with E-state index in [1.807, 2.05) is 31.2 Å². The van der Waals surface area contributed by atoms with E-state index in [0.29, 0.717) is 0 Å². The molecular formula is C15H16N2OS. The fourth-order valence-corrected chi connectivity index (χ4v) is 2.93. The summed E-state index contributed by atoms with van der Waals surface area (Å²) in [5.41, 5.74) is 1.97. The van der Waals surface area contributed by atoms with Crippen LogP contribution in [0.4, 0.5) is 5.69 Å². The lowest BCUT2D eigenvalue weighted by atomic mass is 10.1. The summed E-state index contributed by atoms with van der Waals surface area (Å²) in [4.78, 5) is 2.41. The second-order valence-electron chi connectivity index (χ2n) is 4.30. The number of nitrogens with one attached hydrogen (secondary N) is 1. The molecule has 0 fully saturated rings. The SMILES string of the molecule is COc1ccc(NC(C#N)c2cc(C)sc2C)cc1. The molecule has 0 aliphatic rings. The van der Waals surface area contributed by atoms with Crippen LogP contribution in [0.25, 0.3) is 0 Å². The van der Waals surface area contributed by atoms with Gasteiger partial charge in [0.2, 0.25) is 0 Å². The predicted octanol–water partition coefficient (Wildman–Crippen LogP) is 4.05. The number of nitrogens with zero attached hydrogens (tertiary/aromatic N) is 1. The highest BCUT2D eigenvalue weighted by Crippen LogP contribution is 2.29. The highest BCUT2D eigenvalue weighted by Gasteiger charge is 2.15. The minimum Gasteiger partial charge on any atom is -0.497 e. The van der Waals surface area contributed by atoms with Crippen LogP contribution in [0.15, 0.2) is 30.3 Å². The number of methoxy groups -OCH3 is 1. The molecule has 0 radical (unpaired) electrons. The van der Waals surface area contributed by atoms with Crippen LogP contribution in [-0.2, 0) is 0 Å². The maximum atomic E-state index is 9.34. The molecule has 1 aromatic heterocycles. The molecule has 3 nitrogen and oxygen atoms in total. The molecule has 4 heteroatoms. The number of aryl methyl sites for hydroxylation is 2. The van der Waals surface area contributed by atoms with Gasteiger partial charge in [-0.05, 0) is 44.2 Å². The van der Waals surface area contributed by atoms with Crippen LogP contribution >= 0.6 is 11.3 Å². The van der Waals surface area contributed by atoms with E-state index in [0.717, 1.165) is 17.0 Å². The summed E-state index contributed by atoms with van der Waals surface area (Å²) in [6.07, 6.45) is 0. The fraction of sp³-hybridized carbons (Fsp3) is 0.267. The summed E-state index contributed by atoms with van der Waals surface area (Å²) in [7, 11) is 1.64. The van der Waals surface area contributed by atoms with Gasteiger partial charge in [-0.15, -0.1) is 11.3 Å². The van der Waals surface area contributed by atoms with E-state index in [1.54, 1.807) is 18.4 Å². The van der Waals surface area contributed by atoms with Crippen molar-refractivity contribution in [3.05, 3.63) is 45.6 Å². The third-order valence-electron chi connectivity index (χ3n) is 2.92. The molecular weight excluding hydrogens is 256 g/mol. The third-order valence-corrected chi connectivity index (χ3v) is 3.90. The highest BCUT2D eigenvalue weighted by molar-refractivity contribution is 7.12. The van der Waals surface area contributed by atoms with Crippen LogP contribution in [0.5, 0.6) is 5.75 Å². The van der Waals surface area contributed by atoms with Crippen LogP contribution in [0.1, 0.15) is 21.4 Å². The monoisotopic (exact) mass is 272 g/mol. The maximum Gasteiger partial charge on any atom is 0.141 e. The van der Waals surface area contributed by atoms with Crippen molar-refractivity contribution in [2.75, 3.05) is 12.4 Å². The summed E-state index contributed by atoms with van der Waals surface area (Å²) < 4.78 is 5.12. The summed E-state index contributed by atoms with van der Waals surface area (Å²) in [5, 5.41) is 12.6. The Bertz CT molecular complexity index is 596. The number of hydrogen-bond acceptors (Lipinski definition) is 4. The third kappa shape index (κ3) is 3.07. The first-order valence-corrected chi connectivity index (χ1v) is 6.83. The molecule has 1 aromatic carbocycles. The molecule has 0 bridgehead atoms. The molecule has 0 saturated carbocycles. The maximum absolute atomic E-state index is 9.34. The average Bonchev–Trinajstić information content (AvgIpc) is 2.75. The van der Waals surface area contributed by atoms with E-state index >= 15 is 0 Å². The Kier molecular flexibility index (Phi) is 4.08. The van der Waals surface area contributed by atoms with Crippen molar-refractivity contribution in [3.8, 4) is 11.8 Å². The van der Waals surface area contributed by atoms with E-state index in [9.17, 15) is 5.26 Å². The van der Waals surface area contributed by atoms with Gasteiger partial charge in [-0.2, -0.15) is 5.26 Å².